The summed E-state index contributed by atoms with van der Waals surface area (Å²) in [5.74, 6) is 1.03. The van der Waals surface area contributed by atoms with E-state index in [0.717, 1.165) is 31.0 Å². The molecule has 0 aliphatic heterocycles. The number of aliphatic hydroxyl groups excluding tert-OH is 1. The molecule has 0 aromatic carbocycles. The molecule has 1 N–H and O–H groups in total. The van der Waals surface area contributed by atoms with Crippen molar-refractivity contribution in [3.8, 4) is 0 Å². The standard InChI is InChI=1S/C15H25N5O/c1-12-16-6-9-19(12)7-5-8-20-11-13(17-18-20)10-14(21)15(2,3)4/h6,9,11,14,21H,5,7-8,10H2,1-4H3. The van der Waals surface area contributed by atoms with Gasteiger partial charge < -0.3 is 9.67 Å². The molecule has 116 valence electrons. The Morgan fingerprint density at radius 1 is 1.29 bits per heavy atom. The minimum atomic E-state index is -0.406. The van der Waals surface area contributed by atoms with Crippen LogP contribution < -0.4 is 0 Å². The molecule has 21 heavy (non-hydrogen) atoms. The number of hydrogen-bond donors (Lipinski definition) is 1. The second-order valence-corrected chi connectivity index (χ2v) is 6.58. The second kappa shape index (κ2) is 6.39. The topological polar surface area (TPSA) is 68.8 Å². The van der Waals surface area contributed by atoms with Gasteiger partial charge in [-0.1, -0.05) is 26.0 Å². The zero-order chi connectivity index (χ0) is 15.5. The molecule has 0 amide bonds. The molecule has 1 atom stereocenters. The molecule has 0 saturated carbocycles. The molecule has 0 saturated heterocycles. The highest BCUT2D eigenvalue weighted by Gasteiger charge is 2.23. The van der Waals surface area contributed by atoms with Gasteiger partial charge in [0.05, 0.1) is 11.8 Å². The Bertz CT molecular complexity index is 567. The Hall–Kier alpha value is -1.69. The van der Waals surface area contributed by atoms with Gasteiger partial charge in [-0.3, -0.25) is 4.68 Å². The molecule has 0 aliphatic rings. The van der Waals surface area contributed by atoms with E-state index in [1.165, 1.54) is 0 Å². The van der Waals surface area contributed by atoms with Gasteiger partial charge in [-0.25, -0.2) is 4.98 Å². The molecular weight excluding hydrogens is 266 g/mol. The lowest BCUT2D eigenvalue weighted by atomic mass is 9.87. The van der Waals surface area contributed by atoms with Crippen LogP contribution in [0.2, 0.25) is 0 Å². The Morgan fingerprint density at radius 2 is 2.05 bits per heavy atom. The van der Waals surface area contributed by atoms with E-state index < -0.39 is 6.10 Å². The Labute approximate surface area is 125 Å². The van der Waals surface area contributed by atoms with Crippen LogP contribution in [0, 0.1) is 12.3 Å². The molecule has 0 fully saturated rings. The first-order valence-electron chi connectivity index (χ1n) is 7.41. The van der Waals surface area contributed by atoms with Crippen molar-refractivity contribution in [3.63, 3.8) is 0 Å². The maximum absolute atomic E-state index is 10.1. The third-order valence-electron chi connectivity index (χ3n) is 3.70. The van der Waals surface area contributed by atoms with Gasteiger partial charge in [-0.05, 0) is 18.8 Å². The maximum atomic E-state index is 10.1. The van der Waals surface area contributed by atoms with Crippen molar-refractivity contribution >= 4 is 0 Å². The third-order valence-corrected chi connectivity index (χ3v) is 3.70. The van der Waals surface area contributed by atoms with E-state index in [-0.39, 0.29) is 5.41 Å². The predicted molar refractivity (Wildman–Crippen MR) is 80.8 cm³/mol. The molecule has 2 heterocycles. The number of imidazole rings is 1. The monoisotopic (exact) mass is 291 g/mol. The van der Waals surface area contributed by atoms with Crippen molar-refractivity contribution in [1.82, 2.24) is 24.5 Å². The average Bonchev–Trinajstić information content (AvgIpc) is 2.99. The number of nitrogens with zero attached hydrogens (tertiary/aromatic N) is 5. The average molecular weight is 291 g/mol. The number of aromatic nitrogens is 5. The summed E-state index contributed by atoms with van der Waals surface area (Å²) in [6, 6.07) is 0. The SMILES string of the molecule is Cc1nccn1CCCn1cc(CC(O)C(C)(C)C)nn1. The molecule has 0 bridgehead atoms. The first-order chi connectivity index (χ1) is 9.86. The van der Waals surface area contributed by atoms with Crippen LogP contribution in [-0.4, -0.2) is 35.8 Å². The van der Waals surface area contributed by atoms with Gasteiger partial charge in [0.1, 0.15) is 5.82 Å². The van der Waals surface area contributed by atoms with Crippen molar-refractivity contribution < 1.29 is 5.11 Å². The molecular formula is C15H25N5O. The number of aliphatic hydroxyl groups is 1. The van der Waals surface area contributed by atoms with Gasteiger partial charge >= 0.3 is 0 Å². The van der Waals surface area contributed by atoms with E-state index in [0.29, 0.717) is 6.42 Å². The first kappa shape index (κ1) is 15.7. The first-order valence-corrected chi connectivity index (χ1v) is 7.41. The van der Waals surface area contributed by atoms with Crippen LogP contribution in [0.5, 0.6) is 0 Å². The lowest BCUT2D eigenvalue weighted by Gasteiger charge is -2.24. The summed E-state index contributed by atoms with van der Waals surface area (Å²) in [5, 5.41) is 18.4. The molecule has 0 radical (unpaired) electrons. The Morgan fingerprint density at radius 3 is 2.67 bits per heavy atom. The van der Waals surface area contributed by atoms with Crippen molar-refractivity contribution in [2.75, 3.05) is 0 Å². The van der Waals surface area contributed by atoms with Gasteiger partial charge in [0.25, 0.3) is 0 Å². The van der Waals surface area contributed by atoms with Crippen LogP contribution in [0.25, 0.3) is 0 Å². The number of aryl methyl sites for hydroxylation is 3. The lowest BCUT2D eigenvalue weighted by Crippen LogP contribution is -2.28. The molecule has 2 rings (SSSR count). The van der Waals surface area contributed by atoms with E-state index >= 15 is 0 Å². The predicted octanol–water partition coefficient (Wildman–Crippen LogP) is 1.82. The van der Waals surface area contributed by atoms with Gasteiger partial charge in [-0.15, -0.1) is 5.10 Å². The summed E-state index contributed by atoms with van der Waals surface area (Å²) in [5.41, 5.74) is 0.708. The summed E-state index contributed by atoms with van der Waals surface area (Å²) in [4.78, 5) is 4.20. The van der Waals surface area contributed by atoms with E-state index in [2.05, 4.69) is 19.9 Å². The van der Waals surface area contributed by atoms with E-state index in [1.807, 2.05) is 51.0 Å². The summed E-state index contributed by atoms with van der Waals surface area (Å²) >= 11 is 0. The highest BCUT2D eigenvalue weighted by Crippen LogP contribution is 2.21. The van der Waals surface area contributed by atoms with Gasteiger partial charge in [0.15, 0.2) is 0 Å². The van der Waals surface area contributed by atoms with Crippen LogP contribution in [0.1, 0.15) is 38.7 Å². The maximum Gasteiger partial charge on any atom is 0.105 e. The molecule has 6 heteroatoms. The fraction of sp³-hybridized carbons (Fsp3) is 0.667. The van der Waals surface area contributed by atoms with Gasteiger partial charge in [-0.2, -0.15) is 0 Å². The second-order valence-electron chi connectivity index (χ2n) is 6.58. The van der Waals surface area contributed by atoms with E-state index in [1.54, 1.807) is 0 Å². The van der Waals surface area contributed by atoms with Gasteiger partial charge in [0.2, 0.25) is 0 Å². The van der Waals surface area contributed by atoms with Crippen LogP contribution in [0.3, 0.4) is 0 Å². The minimum absolute atomic E-state index is 0.136. The summed E-state index contributed by atoms with van der Waals surface area (Å²) in [6.07, 6.45) is 6.84. The van der Waals surface area contributed by atoms with Crippen LogP contribution in [0.15, 0.2) is 18.6 Å². The number of hydrogen-bond acceptors (Lipinski definition) is 4. The Balaban J connectivity index is 1.82. The largest absolute Gasteiger partial charge is 0.392 e. The quantitative estimate of drug-likeness (QED) is 0.881. The lowest BCUT2D eigenvalue weighted by molar-refractivity contribution is 0.0627. The normalized spacial score (nSPS) is 13.6. The van der Waals surface area contributed by atoms with Crippen LogP contribution >= 0.6 is 0 Å². The minimum Gasteiger partial charge on any atom is -0.392 e. The fourth-order valence-electron chi connectivity index (χ4n) is 2.09. The fourth-order valence-corrected chi connectivity index (χ4v) is 2.09. The van der Waals surface area contributed by atoms with Crippen LogP contribution in [-0.2, 0) is 19.5 Å². The van der Waals surface area contributed by atoms with Gasteiger partial charge in [0, 0.05) is 38.1 Å². The molecule has 0 spiro atoms. The molecule has 2 aromatic heterocycles. The van der Waals surface area contributed by atoms with E-state index in [4.69, 9.17) is 0 Å². The highest BCUT2D eigenvalue weighted by molar-refractivity contribution is 4.96. The van der Waals surface area contributed by atoms with E-state index in [9.17, 15) is 5.11 Å². The molecule has 6 nitrogen and oxygen atoms in total. The smallest absolute Gasteiger partial charge is 0.105 e. The van der Waals surface area contributed by atoms with Crippen molar-refractivity contribution in [3.05, 3.63) is 30.1 Å². The molecule has 2 aromatic rings. The molecule has 1 unspecified atom stereocenters. The zero-order valence-corrected chi connectivity index (χ0v) is 13.3. The van der Waals surface area contributed by atoms with Crippen molar-refractivity contribution in [1.29, 1.82) is 0 Å². The summed E-state index contributed by atoms with van der Waals surface area (Å²) in [7, 11) is 0. The molecule has 0 aliphatic carbocycles. The highest BCUT2D eigenvalue weighted by atomic mass is 16.3. The third kappa shape index (κ3) is 4.39. The summed E-state index contributed by atoms with van der Waals surface area (Å²) in [6.45, 7) is 9.81. The van der Waals surface area contributed by atoms with Crippen molar-refractivity contribution in [2.45, 2.75) is 59.7 Å². The van der Waals surface area contributed by atoms with Crippen molar-refractivity contribution in [2.24, 2.45) is 5.41 Å². The Kier molecular flexibility index (Phi) is 4.77. The van der Waals surface area contributed by atoms with Crippen LogP contribution in [0.4, 0.5) is 0 Å². The zero-order valence-electron chi connectivity index (χ0n) is 13.3. The summed E-state index contributed by atoms with van der Waals surface area (Å²) < 4.78 is 3.97. The number of rotatable bonds is 6.